The van der Waals surface area contributed by atoms with Gasteiger partial charge in [-0.25, -0.2) is 4.99 Å². The maximum atomic E-state index is 11.4. The van der Waals surface area contributed by atoms with E-state index in [1.54, 1.807) is 6.08 Å². The van der Waals surface area contributed by atoms with Crippen LogP contribution in [0.15, 0.2) is 29.8 Å². The molecule has 0 spiro atoms. The van der Waals surface area contributed by atoms with E-state index in [2.05, 4.69) is 38.4 Å². The molecule has 0 bridgehead atoms. The van der Waals surface area contributed by atoms with Crippen LogP contribution in [0.2, 0.25) is 0 Å². The van der Waals surface area contributed by atoms with Gasteiger partial charge in [-0.2, -0.15) is 5.26 Å². The predicted molar refractivity (Wildman–Crippen MR) is 127 cm³/mol. The van der Waals surface area contributed by atoms with Crippen molar-refractivity contribution in [2.45, 2.75) is 40.0 Å². The predicted octanol–water partition coefficient (Wildman–Crippen LogP) is 6.00. The number of nitriles is 1. The number of nitro groups is 1. The highest BCUT2D eigenvalue weighted by Crippen LogP contribution is 2.45. The quantitative estimate of drug-likeness (QED) is 0.221. The highest BCUT2D eigenvalue weighted by molar-refractivity contribution is 7.16. The first-order chi connectivity index (χ1) is 15.2. The summed E-state index contributed by atoms with van der Waals surface area (Å²) in [6, 6.07) is 5.01. The lowest BCUT2D eigenvalue weighted by atomic mass is 9.72. The van der Waals surface area contributed by atoms with E-state index in [1.165, 1.54) is 41.7 Å². The van der Waals surface area contributed by atoms with Gasteiger partial charge in [-0.1, -0.05) is 33.4 Å². The number of rotatable bonds is 7. The number of methoxy groups -OCH3 is 1. The summed E-state index contributed by atoms with van der Waals surface area (Å²) < 4.78 is 11.0. The Morgan fingerprint density at radius 3 is 2.78 bits per heavy atom. The summed E-state index contributed by atoms with van der Waals surface area (Å²) in [4.78, 5) is 16.7. The molecule has 1 aromatic heterocycles. The zero-order valence-electron chi connectivity index (χ0n) is 18.8. The van der Waals surface area contributed by atoms with Gasteiger partial charge in [0.15, 0.2) is 11.5 Å². The normalized spacial score (nSPS) is 15.8. The highest BCUT2D eigenvalue weighted by atomic mass is 32.1. The van der Waals surface area contributed by atoms with Crippen molar-refractivity contribution >= 4 is 28.2 Å². The van der Waals surface area contributed by atoms with Crippen LogP contribution in [0.1, 0.15) is 48.8 Å². The number of ether oxygens (including phenoxy) is 2. The fourth-order valence-corrected chi connectivity index (χ4v) is 5.12. The summed E-state index contributed by atoms with van der Waals surface area (Å²) in [5.41, 5.74) is 2.16. The molecule has 0 aliphatic heterocycles. The van der Waals surface area contributed by atoms with Gasteiger partial charge < -0.3 is 9.47 Å². The van der Waals surface area contributed by atoms with E-state index < -0.39 is 4.92 Å². The van der Waals surface area contributed by atoms with Crippen LogP contribution in [0.5, 0.6) is 11.5 Å². The Morgan fingerprint density at radius 2 is 2.19 bits per heavy atom. The third-order valence-electron chi connectivity index (χ3n) is 5.75. The summed E-state index contributed by atoms with van der Waals surface area (Å²) in [5.74, 6) is 1.13. The van der Waals surface area contributed by atoms with Gasteiger partial charge >= 0.3 is 0 Å². The molecule has 1 aliphatic carbocycles. The SMILES string of the molecule is C=CCOc1c(C=Nc2sc3c(c2C#N)CC[C@H](C(C)(C)C)C3)cc([N+](=O)[O-])cc1OC. The summed E-state index contributed by atoms with van der Waals surface area (Å²) in [6.45, 7) is 10.6. The zero-order chi connectivity index (χ0) is 23.5. The fraction of sp³-hybridized carbons (Fsp3) is 0.417. The lowest BCUT2D eigenvalue weighted by Crippen LogP contribution is -2.26. The third kappa shape index (κ3) is 4.83. The van der Waals surface area contributed by atoms with Gasteiger partial charge in [0.05, 0.1) is 23.7 Å². The van der Waals surface area contributed by atoms with Crippen molar-refractivity contribution in [2.75, 3.05) is 13.7 Å². The molecule has 3 rings (SSSR count). The molecule has 168 valence electrons. The topological polar surface area (TPSA) is 97.8 Å². The minimum absolute atomic E-state index is 0.131. The van der Waals surface area contributed by atoms with Crippen molar-refractivity contribution in [1.82, 2.24) is 0 Å². The monoisotopic (exact) mass is 453 g/mol. The number of hydrogen-bond acceptors (Lipinski definition) is 7. The molecule has 0 N–H and O–H groups in total. The minimum atomic E-state index is -0.492. The molecule has 0 unspecified atom stereocenters. The van der Waals surface area contributed by atoms with Crippen molar-refractivity contribution in [3.8, 4) is 17.6 Å². The Labute approximate surface area is 192 Å². The van der Waals surface area contributed by atoms with E-state index >= 15 is 0 Å². The first kappa shape index (κ1) is 23.5. The summed E-state index contributed by atoms with van der Waals surface area (Å²) in [7, 11) is 1.42. The van der Waals surface area contributed by atoms with Crippen LogP contribution >= 0.6 is 11.3 Å². The van der Waals surface area contributed by atoms with E-state index in [9.17, 15) is 15.4 Å². The zero-order valence-corrected chi connectivity index (χ0v) is 19.6. The Bertz CT molecular complexity index is 1110. The largest absolute Gasteiger partial charge is 0.493 e. The van der Waals surface area contributed by atoms with Gasteiger partial charge in [-0.3, -0.25) is 10.1 Å². The van der Waals surface area contributed by atoms with E-state index in [1.807, 2.05) is 0 Å². The van der Waals surface area contributed by atoms with Gasteiger partial charge in [0.25, 0.3) is 5.69 Å². The minimum Gasteiger partial charge on any atom is -0.493 e. The second-order valence-electron chi connectivity index (χ2n) is 8.78. The number of hydrogen-bond donors (Lipinski definition) is 0. The average molecular weight is 454 g/mol. The highest BCUT2D eigenvalue weighted by Gasteiger charge is 2.32. The second-order valence-corrected chi connectivity index (χ2v) is 9.87. The van der Waals surface area contributed by atoms with Crippen molar-refractivity contribution in [3.63, 3.8) is 0 Å². The van der Waals surface area contributed by atoms with E-state index in [-0.39, 0.29) is 23.5 Å². The Morgan fingerprint density at radius 1 is 1.44 bits per heavy atom. The smallest absolute Gasteiger partial charge is 0.274 e. The molecule has 32 heavy (non-hydrogen) atoms. The van der Waals surface area contributed by atoms with Crippen molar-refractivity contribution < 1.29 is 14.4 Å². The number of fused-ring (bicyclic) bond motifs is 1. The lowest BCUT2D eigenvalue weighted by Gasteiger charge is -2.33. The van der Waals surface area contributed by atoms with E-state index in [0.717, 1.165) is 24.8 Å². The van der Waals surface area contributed by atoms with Crippen LogP contribution < -0.4 is 9.47 Å². The van der Waals surface area contributed by atoms with Gasteiger partial charge in [-0.15, -0.1) is 11.3 Å². The molecular formula is C24H27N3O4S. The van der Waals surface area contributed by atoms with Crippen LogP contribution in [-0.4, -0.2) is 24.9 Å². The maximum Gasteiger partial charge on any atom is 0.274 e. The molecule has 2 aromatic rings. The van der Waals surface area contributed by atoms with Crippen LogP contribution in [-0.2, 0) is 12.8 Å². The summed E-state index contributed by atoms with van der Waals surface area (Å²) in [5, 5.41) is 21.8. The Hall–Kier alpha value is -3.18. The molecule has 0 amide bonds. The maximum absolute atomic E-state index is 11.4. The number of nitro benzene ring substituents is 1. The molecular weight excluding hydrogens is 426 g/mol. The first-order valence-corrected chi connectivity index (χ1v) is 11.2. The summed E-state index contributed by atoms with van der Waals surface area (Å²) >= 11 is 1.53. The molecule has 1 aromatic carbocycles. The van der Waals surface area contributed by atoms with Crippen LogP contribution in [0.4, 0.5) is 10.7 Å². The fourth-order valence-electron chi connectivity index (χ4n) is 3.90. The van der Waals surface area contributed by atoms with Crippen LogP contribution in [0.3, 0.4) is 0 Å². The number of benzene rings is 1. The second kappa shape index (κ2) is 9.53. The van der Waals surface area contributed by atoms with E-state index in [4.69, 9.17) is 9.47 Å². The molecule has 1 heterocycles. The summed E-state index contributed by atoms with van der Waals surface area (Å²) in [6.07, 6.45) is 5.94. The van der Waals surface area contributed by atoms with Gasteiger partial charge in [0.2, 0.25) is 0 Å². The molecule has 1 atom stereocenters. The average Bonchev–Trinajstić information content (AvgIpc) is 3.11. The number of thiophene rings is 1. The molecule has 1 aliphatic rings. The van der Waals surface area contributed by atoms with E-state index in [0.29, 0.717) is 27.8 Å². The van der Waals surface area contributed by atoms with Crippen molar-refractivity contribution in [1.29, 1.82) is 5.26 Å². The molecule has 0 saturated carbocycles. The first-order valence-electron chi connectivity index (χ1n) is 10.4. The van der Waals surface area contributed by atoms with Gasteiger partial charge in [0.1, 0.15) is 17.7 Å². The standard InChI is InChI=1S/C24H27N3O4S/c1-6-9-31-22-15(10-17(27(28)29)12-20(22)30-5)14-26-23-19(13-25)18-8-7-16(24(2,3)4)11-21(18)32-23/h6,10,12,14,16H,1,7-9,11H2,2-5H3/t16-/m0/s1. The number of aliphatic imine (C=N–C) groups is 1. The van der Waals surface area contributed by atoms with Crippen LogP contribution in [0, 0.1) is 32.8 Å². The number of nitrogens with zero attached hydrogens (tertiary/aromatic N) is 3. The van der Waals surface area contributed by atoms with Crippen molar-refractivity contribution in [3.05, 3.63) is 56.5 Å². The molecule has 0 fully saturated rings. The molecule has 0 radical (unpaired) electrons. The molecule has 0 saturated heterocycles. The number of non-ortho nitro benzene ring substituents is 1. The Balaban J connectivity index is 2.03. The molecule has 8 heteroatoms. The van der Waals surface area contributed by atoms with Gasteiger partial charge in [0, 0.05) is 22.7 Å². The lowest BCUT2D eigenvalue weighted by molar-refractivity contribution is -0.385. The third-order valence-corrected chi connectivity index (χ3v) is 6.91. The van der Waals surface area contributed by atoms with Gasteiger partial charge in [-0.05, 0) is 36.2 Å². The Kier molecular flexibility index (Phi) is 6.99. The van der Waals surface area contributed by atoms with Crippen molar-refractivity contribution in [2.24, 2.45) is 16.3 Å². The molecule has 7 nitrogen and oxygen atoms in total. The van der Waals surface area contributed by atoms with Crippen LogP contribution in [0.25, 0.3) is 0 Å².